The van der Waals surface area contributed by atoms with Crippen LogP contribution in [-0.2, 0) is 4.79 Å². The molecule has 4 rings (SSSR count). The van der Waals surface area contributed by atoms with Crippen molar-refractivity contribution >= 4 is 24.3 Å². The van der Waals surface area contributed by atoms with Crippen LogP contribution in [0.4, 0.5) is 0 Å². The van der Waals surface area contributed by atoms with Gasteiger partial charge in [0.1, 0.15) is 0 Å². The van der Waals surface area contributed by atoms with Crippen molar-refractivity contribution < 1.29 is 14.3 Å². The average molecular weight is 390 g/mol. The number of hydrogen-bond donors (Lipinski definition) is 0. The number of carbonyl (C=O) groups is 1. The molecule has 1 aliphatic heterocycles. The minimum atomic E-state index is -0.275. The monoisotopic (exact) mass is 389 g/mol. The zero-order valence-corrected chi connectivity index (χ0v) is 16.9. The summed E-state index contributed by atoms with van der Waals surface area (Å²) in [5.41, 5.74) is 3.08. The van der Waals surface area contributed by atoms with E-state index in [0.717, 1.165) is 61.3 Å². The van der Waals surface area contributed by atoms with Gasteiger partial charge in [-0.3, -0.25) is 4.79 Å². The van der Waals surface area contributed by atoms with E-state index in [4.69, 9.17) is 9.47 Å². The fourth-order valence-corrected chi connectivity index (χ4v) is 4.45. The summed E-state index contributed by atoms with van der Waals surface area (Å²) in [6, 6.07) is 5.90. The van der Waals surface area contributed by atoms with Crippen LogP contribution in [0, 0.1) is 5.41 Å². The first-order valence-corrected chi connectivity index (χ1v) is 9.58. The third kappa shape index (κ3) is 3.78. The lowest BCUT2D eigenvalue weighted by molar-refractivity contribution is -0.121. The standard InChI is InChI=1S/C22H27NO3.ClH/c1-23(2)12-11-22(18-5-3-4-6-18)10-9-17(21(22)24)13-16-7-8-19-20(14-16)26-15-25-19;/h5,7-8,13-14H,3-4,6,9-12,15H2,1-2H3;1H/b17-13+;. The lowest BCUT2D eigenvalue weighted by Crippen LogP contribution is -2.32. The Bertz CT molecular complexity index is 784. The molecule has 3 aliphatic rings. The van der Waals surface area contributed by atoms with E-state index in [9.17, 15) is 4.79 Å². The van der Waals surface area contributed by atoms with E-state index in [1.54, 1.807) is 0 Å². The maximum absolute atomic E-state index is 13.5. The average Bonchev–Trinajstić information content (AvgIpc) is 3.35. The van der Waals surface area contributed by atoms with Crippen LogP contribution < -0.4 is 9.47 Å². The van der Waals surface area contributed by atoms with E-state index >= 15 is 0 Å². The number of fused-ring (bicyclic) bond motifs is 1. The quantitative estimate of drug-likeness (QED) is 0.543. The first kappa shape index (κ1) is 20.0. The van der Waals surface area contributed by atoms with Gasteiger partial charge in [0.05, 0.1) is 5.41 Å². The summed E-state index contributed by atoms with van der Waals surface area (Å²) in [6.45, 7) is 1.22. The Labute approximate surface area is 167 Å². The molecule has 1 fully saturated rings. The highest BCUT2D eigenvalue weighted by Crippen LogP contribution is 2.50. The topological polar surface area (TPSA) is 38.8 Å². The molecule has 0 aromatic heterocycles. The van der Waals surface area contributed by atoms with Crippen molar-refractivity contribution in [1.29, 1.82) is 0 Å². The molecule has 0 amide bonds. The number of benzene rings is 1. The van der Waals surface area contributed by atoms with Gasteiger partial charge in [-0.1, -0.05) is 17.7 Å². The Kier molecular flexibility index (Phi) is 5.97. The van der Waals surface area contributed by atoms with Gasteiger partial charge in [0.2, 0.25) is 6.79 Å². The Hall–Kier alpha value is -1.78. The van der Waals surface area contributed by atoms with Gasteiger partial charge in [0.25, 0.3) is 0 Å². The number of halogens is 1. The van der Waals surface area contributed by atoms with Crippen LogP contribution in [0.2, 0.25) is 0 Å². The lowest BCUT2D eigenvalue weighted by Gasteiger charge is -2.30. The number of rotatable bonds is 5. The Balaban J connectivity index is 0.00000210. The highest BCUT2D eigenvalue weighted by atomic mass is 35.5. The minimum absolute atomic E-state index is 0. The van der Waals surface area contributed by atoms with Crippen molar-refractivity contribution in [1.82, 2.24) is 4.90 Å². The van der Waals surface area contributed by atoms with E-state index in [2.05, 4.69) is 31.1 Å². The van der Waals surface area contributed by atoms with Gasteiger partial charge >= 0.3 is 0 Å². The Morgan fingerprint density at radius 1 is 1.19 bits per heavy atom. The van der Waals surface area contributed by atoms with Crippen LogP contribution in [-0.4, -0.2) is 38.1 Å². The molecule has 0 radical (unpaired) electrons. The third-order valence-corrected chi connectivity index (χ3v) is 5.93. The second-order valence-electron chi connectivity index (χ2n) is 7.87. The van der Waals surface area contributed by atoms with Gasteiger partial charge in [0.15, 0.2) is 17.3 Å². The molecular weight excluding hydrogens is 362 g/mol. The molecule has 2 aliphatic carbocycles. The van der Waals surface area contributed by atoms with Crippen LogP contribution in [0.1, 0.15) is 44.1 Å². The molecule has 5 heteroatoms. The Morgan fingerprint density at radius 3 is 2.74 bits per heavy atom. The van der Waals surface area contributed by atoms with Crippen LogP contribution >= 0.6 is 12.4 Å². The Morgan fingerprint density at radius 2 is 2.00 bits per heavy atom. The molecule has 4 nitrogen and oxygen atoms in total. The predicted octanol–water partition coefficient (Wildman–Crippen LogP) is 4.63. The predicted molar refractivity (Wildman–Crippen MR) is 110 cm³/mol. The summed E-state index contributed by atoms with van der Waals surface area (Å²) in [7, 11) is 4.17. The fraction of sp³-hybridized carbons (Fsp3) is 0.500. The van der Waals surface area contributed by atoms with Crippen LogP contribution in [0.5, 0.6) is 11.5 Å². The lowest BCUT2D eigenvalue weighted by atomic mass is 9.74. The second-order valence-corrected chi connectivity index (χ2v) is 7.87. The third-order valence-electron chi connectivity index (χ3n) is 5.93. The molecular formula is C22H28ClNO3. The normalized spacial score (nSPS) is 25.2. The molecule has 1 unspecified atom stereocenters. The van der Waals surface area contributed by atoms with E-state index in [1.165, 1.54) is 12.0 Å². The maximum Gasteiger partial charge on any atom is 0.231 e. The van der Waals surface area contributed by atoms with E-state index in [0.29, 0.717) is 5.78 Å². The van der Waals surface area contributed by atoms with Gasteiger partial charge in [0, 0.05) is 0 Å². The van der Waals surface area contributed by atoms with Crippen molar-refractivity contribution in [3.05, 3.63) is 41.0 Å². The molecule has 27 heavy (non-hydrogen) atoms. The minimum Gasteiger partial charge on any atom is -0.454 e. The molecule has 1 aromatic carbocycles. The summed E-state index contributed by atoms with van der Waals surface area (Å²) in [5, 5.41) is 0. The van der Waals surface area contributed by atoms with Crippen molar-refractivity contribution in [2.45, 2.75) is 38.5 Å². The van der Waals surface area contributed by atoms with Gasteiger partial charge in [-0.25, -0.2) is 0 Å². The number of carbonyl (C=O) groups excluding carboxylic acids is 1. The summed E-state index contributed by atoms with van der Waals surface area (Å²) >= 11 is 0. The second kappa shape index (κ2) is 8.07. The van der Waals surface area contributed by atoms with E-state index in [-0.39, 0.29) is 24.6 Å². The SMILES string of the molecule is CN(C)CCC1(C2=CCCC2)CC/C(=C\c2ccc3c(c2)OCO3)C1=O.Cl. The highest BCUT2D eigenvalue weighted by Gasteiger charge is 2.47. The number of allylic oxidation sites excluding steroid dienone is 3. The van der Waals surface area contributed by atoms with Crippen molar-refractivity contribution in [2.24, 2.45) is 5.41 Å². The van der Waals surface area contributed by atoms with Crippen LogP contribution in [0.25, 0.3) is 6.08 Å². The largest absolute Gasteiger partial charge is 0.454 e. The molecule has 146 valence electrons. The van der Waals surface area contributed by atoms with Crippen LogP contribution in [0.15, 0.2) is 35.4 Å². The maximum atomic E-state index is 13.5. The first-order chi connectivity index (χ1) is 12.6. The molecule has 1 heterocycles. The number of hydrogen-bond acceptors (Lipinski definition) is 4. The van der Waals surface area contributed by atoms with E-state index < -0.39 is 0 Å². The zero-order valence-electron chi connectivity index (χ0n) is 16.1. The highest BCUT2D eigenvalue weighted by molar-refractivity contribution is 6.07. The van der Waals surface area contributed by atoms with Gasteiger partial charge in [-0.05, 0) is 88.5 Å². The number of Topliss-reactive ketones (excluding diaryl/α,β-unsaturated/α-hetero) is 1. The fourth-order valence-electron chi connectivity index (χ4n) is 4.45. The molecule has 1 aromatic rings. The van der Waals surface area contributed by atoms with Crippen LogP contribution in [0.3, 0.4) is 0 Å². The zero-order chi connectivity index (χ0) is 18.1. The van der Waals surface area contributed by atoms with Crippen molar-refractivity contribution in [2.75, 3.05) is 27.4 Å². The molecule has 0 bridgehead atoms. The summed E-state index contributed by atoms with van der Waals surface area (Å²) in [6.07, 6.45) is 10.5. The molecule has 0 saturated heterocycles. The van der Waals surface area contributed by atoms with Gasteiger partial charge in [-0.2, -0.15) is 0 Å². The van der Waals surface area contributed by atoms with Crippen molar-refractivity contribution in [3.8, 4) is 11.5 Å². The summed E-state index contributed by atoms with van der Waals surface area (Å²) in [5.74, 6) is 1.88. The number of ether oxygens (including phenoxy) is 2. The molecule has 0 spiro atoms. The van der Waals surface area contributed by atoms with E-state index in [1.807, 2.05) is 18.2 Å². The number of ketones is 1. The van der Waals surface area contributed by atoms with Crippen molar-refractivity contribution in [3.63, 3.8) is 0 Å². The summed E-state index contributed by atoms with van der Waals surface area (Å²) in [4.78, 5) is 15.7. The molecule has 1 atom stereocenters. The molecule has 0 N–H and O–H groups in total. The molecule has 1 saturated carbocycles. The first-order valence-electron chi connectivity index (χ1n) is 9.58. The van der Waals surface area contributed by atoms with Gasteiger partial charge < -0.3 is 14.4 Å². The smallest absolute Gasteiger partial charge is 0.231 e. The van der Waals surface area contributed by atoms with Gasteiger partial charge in [-0.15, -0.1) is 12.4 Å². The number of nitrogens with zero attached hydrogens (tertiary/aromatic N) is 1. The summed E-state index contributed by atoms with van der Waals surface area (Å²) < 4.78 is 10.8.